The summed E-state index contributed by atoms with van der Waals surface area (Å²) < 4.78 is 0. The SMILES string of the molecule is CCN(c1ccccc1)c1cnc(C(=O)Nc2ccc(C(C)=O)cc2)cn1. The van der Waals surface area contributed by atoms with Crippen LogP contribution < -0.4 is 10.2 Å². The summed E-state index contributed by atoms with van der Waals surface area (Å²) in [5, 5.41) is 2.75. The van der Waals surface area contributed by atoms with Crippen molar-refractivity contribution in [2.75, 3.05) is 16.8 Å². The van der Waals surface area contributed by atoms with Crippen LogP contribution in [0.2, 0.25) is 0 Å². The van der Waals surface area contributed by atoms with Crippen molar-refractivity contribution in [1.82, 2.24) is 9.97 Å². The molecule has 136 valence electrons. The van der Waals surface area contributed by atoms with E-state index >= 15 is 0 Å². The number of amides is 1. The van der Waals surface area contributed by atoms with Crippen LogP contribution in [0.1, 0.15) is 34.7 Å². The van der Waals surface area contributed by atoms with Crippen molar-refractivity contribution in [1.29, 1.82) is 0 Å². The molecule has 0 saturated carbocycles. The Kier molecular flexibility index (Phi) is 5.56. The second-order valence-corrected chi connectivity index (χ2v) is 5.93. The number of nitrogens with zero attached hydrogens (tertiary/aromatic N) is 3. The normalized spacial score (nSPS) is 10.3. The number of benzene rings is 2. The van der Waals surface area contributed by atoms with Gasteiger partial charge in [-0.3, -0.25) is 9.59 Å². The number of ketones is 1. The lowest BCUT2D eigenvalue weighted by Crippen LogP contribution is -2.19. The number of carbonyl (C=O) groups excluding carboxylic acids is 2. The van der Waals surface area contributed by atoms with Gasteiger partial charge in [-0.15, -0.1) is 0 Å². The minimum atomic E-state index is -0.354. The summed E-state index contributed by atoms with van der Waals surface area (Å²) in [7, 11) is 0. The van der Waals surface area contributed by atoms with Gasteiger partial charge in [0.15, 0.2) is 11.6 Å². The van der Waals surface area contributed by atoms with Crippen molar-refractivity contribution in [2.45, 2.75) is 13.8 Å². The molecule has 0 aliphatic rings. The first-order chi connectivity index (χ1) is 13.1. The molecule has 0 aliphatic heterocycles. The van der Waals surface area contributed by atoms with E-state index in [1.54, 1.807) is 30.5 Å². The number of carbonyl (C=O) groups is 2. The van der Waals surface area contributed by atoms with Crippen molar-refractivity contribution in [3.63, 3.8) is 0 Å². The lowest BCUT2D eigenvalue weighted by molar-refractivity contribution is 0.101. The van der Waals surface area contributed by atoms with Gasteiger partial charge in [-0.1, -0.05) is 18.2 Å². The van der Waals surface area contributed by atoms with E-state index in [4.69, 9.17) is 0 Å². The maximum absolute atomic E-state index is 12.4. The number of rotatable bonds is 6. The smallest absolute Gasteiger partial charge is 0.275 e. The zero-order valence-corrected chi connectivity index (χ0v) is 15.2. The Labute approximate surface area is 157 Å². The third kappa shape index (κ3) is 4.36. The predicted octanol–water partition coefficient (Wildman–Crippen LogP) is 4.09. The first-order valence-corrected chi connectivity index (χ1v) is 8.65. The Morgan fingerprint density at radius 1 is 0.963 bits per heavy atom. The first kappa shape index (κ1) is 18.3. The summed E-state index contributed by atoms with van der Waals surface area (Å²) in [5.74, 6) is 0.298. The fourth-order valence-electron chi connectivity index (χ4n) is 2.65. The topological polar surface area (TPSA) is 75.2 Å². The van der Waals surface area contributed by atoms with E-state index in [2.05, 4.69) is 15.3 Å². The van der Waals surface area contributed by atoms with E-state index in [1.807, 2.05) is 42.2 Å². The summed E-state index contributed by atoms with van der Waals surface area (Å²) in [6.07, 6.45) is 3.05. The van der Waals surface area contributed by atoms with Gasteiger partial charge in [-0.25, -0.2) is 9.97 Å². The van der Waals surface area contributed by atoms with E-state index in [1.165, 1.54) is 13.1 Å². The van der Waals surface area contributed by atoms with Crippen LogP contribution in [0.25, 0.3) is 0 Å². The molecule has 0 atom stereocenters. The Balaban J connectivity index is 1.72. The zero-order chi connectivity index (χ0) is 19.2. The number of nitrogens with one attached hydrogen (secondary N) is 1. The number of para-hydroxylation sites is 1. The molecule has 27 heavy (non-hydrogen) atoms. The number of hydrogen-bond donors (Lipinski definition) is 1. The lowest BCUT2D eigenvalue weighted by atomic mass is 10.1. The fraction of sp³-hybridized carbons (Fsp3) is 0.143. The van der Waals surface area contributed by atoms with Crippen LogP contribution in [-0.2, 0) is 0 Å². The molecule has 0 bridgehead atoms. The van der Waals surface area contributed by atoms with Gasteiger partial charge in [-0.05, 0) is 50.2 Å². The molecular weight excluding hydrogens is 340 g/mol. The van der Waals surface area contributed by atoms with Crippen molar-refractivity contribution in [3.8, 4) is 0 Å². The highest BCUT2D eigenvalue weighted by molar-refractivity contribution is 6.03. The molecule has 0 aliphatic carbocycles. The molecule has 0 fully saturated rings. The van der Waals surface area contributed by atoms with Crippen LogP contribution >= 0.6 is 0 Å². The average Bonchev–Trinajstić information content (AvgIpc) is 2.70. The lowest BCUT2D eigenvalue weighted by Gasteiger charge is -2.21. The van der Waals surface area contributed by atoms with Crippen LogP contribution in [-0.4, -0.2) is 28.2 Å². The second kappa shape index (κ2) is 8.23. The highest BCUT2D eigenvalue weighted by Crippen LogP contribution is 2.22. The average molecular weight is 360 g/mol. The molecule has 1 heterocycles. The Hall–Kier alpha value is -3.54. The minimum Gasteiger partial charge on any atom is -0.325 e. The molecule has 1 N–H and O–H groups in total. The van der Waals surface area contributed by atoms with Gasteiger partial charge in [0.05, 0.1) is 12.4 Å². The Morgan fingerprint density at radius 3 is 2.22 bits per heavy atom. The van der Waals surface area contributed by atoms with Crippen LogP contribution in [0.3, 0.4) is 0 Å². The van der Waals surface area contributed by atoms with Crippen molar-refractivity contribution >= 4 is 28.9 Å². The van der Waals surface area contributed by atoms with Crippen molar-refractivity contribution < 1.29 is 9.59 Å². The van der Waals surface area contributed by atoms with Gasteiger partial charge in [0, 0.05) is 23.5 Å². The predicted molar refractivity (Wildman–Crippen MR) is 106 cm³/mol. The molecule has 3 rings (SSSR count). The zero-order valence-electron chi connectivity index (χ0n) is 15.2. The second-order valence-electron chi connectivity index (χ2n) is 5.93. The molecule has 0 saturated heterocycles. The van der Waals surface area contributed by atoms with Gasteiger partial charge in [0.2, 0.25) is 0 Å². The summed E-state index contributed by atoms with van der Waals surface area (Å²) in [5.41, 5.74) is 2.42. The highest BCUT2D eigenvalue weighted by atomic mass is 16.2. The molecule has 6 heteroatoms. The van der Waals surface area contributed by atoms with E-state index in [9.17, 15) is 9.59 Å². The molecule has 0 spiro atoms. The molecule has 1 aromatic heterocycles. The van der Waals surface area contributed by atoms with E-state index in [0.29, 0.717) is 17.1 Å². The van der Waals surface area contributed by atoms with Gasteiger partial charge >= 0.3 is 0 Å². The molecular formula is C21H20N4O2. The Morgan fingerprint density at radius 2 is 1.67 bits per heavy atom. The maximum Gasteiger partial charge on any atom is 0.275 e. The quantitative estimate of drug-likeness (QED) is 0.670. The maximum atomic E-state index is 12.4. The van der Waals surface area contributed by atoms with Crippen LogP contribution in [0.5, 0.6) is 0 Å². The largest absolute Gasteiger partial charge is 0.325 e. The monoisotopic (exact) mass is 360 g/mol. The van der Waals surface area contributed by atoms with Crippen LogP contribution in [0, 0.1) is 0 Å². The summed E-state index contributed by atoms with van der Waals surface area (Å²) in [6.45, 7) is 4.26. The summed E-state index contributed by atoms with van der Waals surface area (Å²) >= 11 is 0. The molecule has 3 aromatic rings. The molecule has 1 amide bonds. The highest BCUT2D eigenvalue weighted by Gasteiger charge is 2.12. The Bertz CT molecular complexity index is 923. The van der Waals surface area contributed by atoms with Gasteiger partial charge in [0.1, 0.15) is 5.69 Å². The van der Waals surface area contributed by atoms with Crippen LogP contribution in [0.4, 0.5) is 17.2 Å². The van der Waals surface area contributed by atoms with E-state index < -0.39 is 0 Å². The molecule has 6 nitrogen and oxygen atoms in total. The summed E-state index contributed by atoms with van der Waals surface area (Å²) in [6, 6.07) is 16.6. The first-order valence-electron chi connectivity index (χ1n) is 8.65. The number of anilines is 3. The van der Waals surface area contributed by atoms with Crippen LogP contribution in [0.15, 0.2) is 67.0 Å². The van der Waals surface area contributed by atoms with Gasteiger partial charge in [0.25, 0.3) is 5.91 Å². The molecule has 0 unspecified atom stereocenters. The van der Waals surface area contributed by atoms with Gasteiger partial charge in [-0.2, -0.15) is 0 Å². The van der Waals surface area contributed by atoms with Crippen molar-refractivity contribution in [2.24, 2.45) is 0 Å². The van der Waals surface area contributed by atoms with Gasteiger partial charge < -0.3 is 10.2 Å². The summed E-state index contributed by atoms with van der Waals surface area (Å²) in [4.78, 5) is 34.3. The minimum absolute atomic E-state index is 0.0202. The number of hydrogen-bond acceptors (Lipinski definition) is 5. The third-order valence-corrected chi connectivity index (χ3v) is 4.08. The van der Waals surface area contributed by atoms with E-state index in [0.717, 1.165) is 12.2 Å². The number of aromatic nitrogens is 2. The third-order valence-electron chi connectivity index (χ3n) is 4.08. The molecule has 2 aromatic carbocycles. The van der Waals surface area contributed by atoms with Crippen molar-refractivity contribution in [3.05, 3.63) is 78.2 Å². The fourth-order valence-corrected chi connectivity index (χ4v) is 2.65. The van der Waals surface area contributed by atoms with E-state index in [-0.39, 0.29) is 17.4 Å². The number of Topliss-reactive ketones (excluding diaryl/α,β-unsaturated/α-hetero) is 1. The molecule has 0 radical (unpaired) electrons. The standard InChI is InChI=1S/C21H20N4O2/c1-3-25(18-7-5-4-6-8-18)20-14-22-19(13-23-20)21(27)24-17-11-9-16(10-12-17)15(2)26/h4-14H,3H2,1-2H3,(H,24,27).